The summed E-state index contributed by atoms with van der Waals surface area (Å²) in [7, 11) is 0. The molecule has 1 aromatic rings. The van der Waals surface area contributed by atoms with Gasteiger partial charge in [-0.2, -0.15) is 0 Å². The van der Waals surface area contributed by atoms with Gasteiger partial charge in [0, 0.05) is 9.79 Å². The molecule has 0 amide bonds. The molecule has 54 valence electrons. The van der Waals surface area contributed by atoms with Gasteiger partial charge in [0.25, 0.3) is 0 Å². The van der Waals surface area contributed by atoms with Gasteiger partial charge >= 0.3 is 0 Å². The van der Waals surface area contributed by atoms with Gasteiger partial charge < -0.3 is 0 Å². The number of benzene rings is 1. The van der Waals surface area contributed by atoms with E-state index in [1.807, 2.05) is 0 Å². The fraction of sp³-hybridized carbons (Fsp3) is 0. The average molecular weight is 211 g/mol. The average Bonchev–Trinajstić information content (AvgIpc) is 1.82. The second-order valence-corrected chi connectivity index (χ2v) is 3.54. The van der Waals surface area contributed by atoms with Crippen LogP contribution < -0.4 is 0 Å². The molecule has 1 aromatic carbocycles. The lowest BCUT2D eigenvalue weighted by molar-refractivity contribution is 1.37. The number of halogens is 2. The SMILES string of the molecule is Sc1cc(Cl)c(S)c(Cl)c1. The first-order chi connectivity index (χ1) is 4.61. The van der Waals surface area contributed by atoms with Crippen LogP contribution in [-0.2, 0) is 0 Å². The fourth-order valence-electron chi connectivity index (χ4n) is 0.552. The molecule has 4 heteroatoms. The third-order valence-corrected chi connectivity index (χ3v) is 2.60. The molecule has 0 N–H and O–H groups in total. The Morgan fingerprint density at radius 2 is 1.40 bits per heavy atom. The summed E-state index contributed by atoms with van der Waals surface area (Å²) in [6, 6.07) is 3.39. The first-order valence-electron chi connectivity index (χ1n) is 2.48. The summed E-state index contributed by atoms with van der Waals surface area (Å²) < 4.78 is 0. The van der Waals surface area contributed by atoms with Crippen LogP contribution in [0, 0.1) is 0 Å². The molecular weight excluding hydrogens is 207 g/mol. The Hall–Kier alpha value is 0.500. The fourth-order valence-corrected chi connectivity index (χ4v) is 1.58. The zero-order valence-electron chi connectivity index (χ0n) is 4.81. The van der Waals surface area contributed by atoms with Crippen LogP contribution >= 0.6 is 48.5 Å². The van der Waals surface area contributed by atoms with Crippen molar-refractivity contribution in [3.63, 3.8) is 0 Å². The molecular formula is C6H4Cl2S2. The minimum absolute atomic E-state index is 0.529. The van der Waals surface area contributed by atoms with Crippen LogP contribution in [0.5, 0.6) is 0 Å². The summed E-state index contributed by atoms with van der Waals surface area (Å²) in [5.74, 6) is 0. The quantitative estimate of drug-likeness (QED) is 0.602. The van der Waals surface area contributed by atoms with E-state index in [1.54, 1.807) is 12.1 Å². The molecule has 0 atom stereocenters. The van der Waals surface area contributed by atoms with E-state index in [0.29, 0.717) is 14.9 Å². The normalized spacial score (nSPS) is 10.0. The highest BCUT2D eigenvalue weighted by molar-refractivity contribution is 7.81. The zero-order valence-corrected chi connectivity index (χ0v) is 8.11. The number of rotatable bonds is 0. The van der Waals surface area contributed by atoms with Crippen LogP contribution in [0.25, 0.3) is 0 Å². The number of hydrogen-bond acceptors (Lipinski definition) is 2. The Kier molecular flexibility index (Phi) is 2.81. The molecule has 0 spiro atoms. The molecule has 0 saturated carbocycles. The second-order valence-electron chi connectivity index (χ2n) is 1.76. The zero-order chi connectivity index (χ0) is 7.72. The van der Waals surface area contributed by atoms with Gasteiger partial charge in [0.1, 0.15) is 0 Å². The van der Waals surface area contributed by atoms with Gasteiger partial charge in [0.05, 0.1) is 10.0 Å². The minimum Gasteiger partial charge on any atom is -0.143 e. The maximum atomic E-state index is 5.71. The van der Waals surface area contributed by atoms with Crippen molar-refractivity contribution in [3.8, 4) is 0 Å². The predicted molar refractivity (Wildman–Crippen MR) is 51.0 cm³/mol. The molecule has 0 radical (unpaired) electrons. The number of hydrogen-bond donors (Lipinski definition) is 2. The van der Waals surface area contributed by atoms with Crippen LogP contribution in [0.4, 0.5) is 0 Å². The highest BCUT2D eigenvalue weighted by Gasteiger charge is 2.01. The van der Waals surface area contributed by atoms with E-state index in [4.69, 9.17) is 23.2 Å². The maximum absolute atomic E-state index is 5.71. The van der Waals surface area contributed by atoms with Crippen molar-refractivity contribution < 1.29 is 0 Å². The molecule has 0 aliphatic heterocycles. The topological polar surface area (TPSA) is 0 Å². The van der Waals surface area contributed by atoms with Gasteiger partial charge in [0.15, 0.2) is 0 Å². The number of thiol groups is 2. The molecule has 0 aliphatic rings. The van der Waals surface area contributed by atoms with Gasteiger partial charge in [-0.3, -0.25) is 0 Å². The first-order valence-corrected chi connectivity index (χ1v) is 4.13. The van der Waals surface area contributed by atoms with E-state index < -0.39 is 0 Å². The highest BCUT2D eigenvalue weighted by Crippen LogP contribution is 2.30. The molecule has 0 nitrogen and oxygen atoms in total. The van der Waals surface area contributed by atoms with E-state index in [2.05, 4.69) is 25.3 Å². The van der Waals surface area contributed by atoms with Crippen LogP contribution in [0.1, 0.15) is 0 Å². The Labute approximate surface area is 80.3 Å². The molecule has 0 aromatic heterocycles. The van der Waals surface area contributed by atoms with E-state index in [0.717, 1.165) is 4.90 Å². The van der Waals surface area contributed by atoms with Crippen LogP contribution in [-0.4, -0.2) is 0 Å². The van der Waals surface area contributed by atoms with E-state index in [9.17, 15) is 0 Å². The van der Waals surface area contributed by atoms with Gasteiger partial charge in [-0.15, -0.1) is 25.3 Å². The molecule has 10 heavy (non-hydrogen) atoms. The van der Waals surface area contributed by atoms with Gasteiger partial charge in [-0.05, 0) is 12.1 Å². The van der Waals surface area contributed by atoms with Gasteiger partial charge in [-0.25, -0.2) is 0 Å². The van der Waals surface area contributed by atoms with Crippen molar-refractivity contribution in [1.82, 2.24) is 0 Å². The van der Waals surface area contributed by atoms with Crippen molar-refractivity contribution >= 4 is 48.5 Å². The van der Waals surface area contributed by atoms with E-state index >= 15 is 0 Å². The molecule has 0 aliphatic carbocycles. The Morgan fingerprint density at radius 3 is 1.80 bits per heavy atom. The molecule has 0 bridgehead atoms. The highest BCUT2D eigenvalue weighted by atomic mass is 35.5. The van der Waals surface area contributed by atoms with Crippen molar-refractivity contribution in [2.24, 2.45) is 0 Å². The van der Waals surface area contributed by atoms with Crippen LogP contribution in [0.3, 0.4) is 0 Å². The largest absolute Gasteiger partial charge is 0.143 e. The summed E-state index contributed by atoms with van der Waals surface area (Å²) in [5.41, 5.74) is 0. The summed E-state index contributed by atoms with van der Waals surface area (Å²) >= 11 is 19.5. The lowest BCUT2D eigenvalue weighted by Crippen LogP contribution is -1.73. The third-order valence-electron chi connectivity index (χ3n) is 1.00. The Bertz CT molecular complexity index is 237. The lowest BCUT2D eigenvalue weighted by atomic mass is 10.4. The standard InChI is InChI=1S/C6H4Cl2S2/c7-4-1-3(9)2-5(8)6(4)10/h1-2,9-10H. The maximum Gasteiger partial charge on any atom is 0.0565 e. The summed E-state index contributed by atoms with van der Waals surface area (Å²) in [6.07, 6.45) is 0. The summed E-state index contributed by atoms with van der Waals surface area (Å²) in [6.45, 7) is 0. The van der Waals surface area contributed by atoms with Gasteiger partial charge in [0.2, 0.25) is 0 Å². The van der Waals surface area contributed by atoms with Crippen LogP contribution in [0.15, 0.2) is 21.9 Å². The van der Waals surface area contributed by atoms with Crippen molar-refractivity contribution in [3.05, 3.63) is 22.2 Å². The molecule has 0 saturated heterocycles. The van der Waals surface area contributed by atoms with E-state index in [-0.39, 0.29) is 0 Å². The van der Waals surface area contributed by atoms with Crippen LogP contribution in [0.2, 0.25) is 10.0 Å². The smallest absolute Gasteiger partial charge is 0.0565 e. The molecule has 0 heterocycles. The summed E-state index contributed by atoms with van der Waals surface area (Å²) in [5, 5.41) is 1.06. The Balaban J connectivity index is 3.31. The summed E-state index contributed by atoms with van der Waals surface area (Å²) in [4.78, 5) is 1.34. The van der Waals surface area contributed by atoms with Crippen molar-refractivity contribution in [2.45, 2.75) is 9.79 Å². The molecule has 0 fully saturated rings. The van der Waals surface area contributed by atoms with Crippen molar-refractivity contribution in [2.75, 3.05) is 0 Å². The first kappa shape index (κ1) is 8.60. The minimum atomic E-state index is 0.529. The molecule has 0 unspecified atom stereocenters. The molecule has 1 rings (SSSR count). The second kappa shape index (κ2) is 3.26. The van der Waals surface area contributed by atoms with Gasteiger partial charge in [-0.1, -0.05) is 23.2 Å². The van der Waals surface area contributed by atoms with Crippen molar-refractivity contribution in [1.29, 1.82) is 0 Å². The third kappa shape index (κ3) is 1.76. The predicted octanol–water partition coefficient (Wildman–Crippen LogP) is 3.57. The lowest BCUT2D eigenvalue weighted by Gasteiger charge is -1.99. The van der Waals surface area contributed by atoms with E-state index in [1.165, 1.54) is 0 Å². The monoisotopic (exact) mass is 210 g/mol. The Morgan fingerprint density at radius 1 is 1.00 bits per heavy atom.